The first-order valence-electron chi connectivity index (χ1n) is 7.27. The van der Waals surface area contributed by atoms with Crippen LogP contribution in [0.4, 0.5) is 0 Å². The summed E-state index contributed by atoms with van der Waals surface area (Å²) in [5.41, 5.74) is 3.73. The normalized spacial score (nSPS) is 19.1. The van der Waals surface area contributed by atoms with Crippen LogP contribution >= 0.6 is 27.5 Å². The number of halogens is 2. The van der Waals surface area contributed by atoms with Crippen molar-refractivity contribution in [3.8, 4) is 0 Å². The molecule has 2 unspecified atom stereocenters. The fourth-order valence-electron chi connectivity index (χ4n) is 3.30. The zero-order valence-corrected chi connectivity index (χ0v) is 14.3. The highest BCUT2D eigenvalue weighted by molar-refractivity contribution is 9.10. The van der Waals surface area contributed by atoms with Crippen molar-refractivity contribution in [2.75, 3.05) is 7.05 Å². The fourth-order valence-corrected chi connectivity index (χ4v) is 3.93. The molecule has 21 heavy (non-hydrogen) atoms. The predicted octanol–water partition coefficient (Wildman–Crippen LogP) is 4.88. The predicted molar refractivity (Wildman–Crippen MR) is 90.9 cm³/mol. The molecule has 1 aliphatic carbocycles. The minimum atomic E-state index is 0.184. The summed E-state index contributed by atoms with van der Waals surface area (Å²) in [5, 5.41) is 4.24. The number of hydrogen-bond acceptors (Lipinski definition) is 2. The van der Waals surface area contributed by atoms with E-state index in [9.17, 15) is 0 Å². The Kier molecular flexibility index (Phi) is 4.63. The van der Waals surface area contributed by atoms with Gasteiger partial charge in [0.05, 0.1) is 5.02 Å². The lowest BCUT2D eigenvalue weighted by atomic mass is 9.79. The van der Waals surface area contributed by atoms with Crippen molar-refractivity contribution in [3.05, 3.63) is 62.8 Å². The standard InChI is InChI=1S/C17H18BrClN2/c1-20-17(12-7-3-9-14(18)15(12)19)13-8-2-5-11-6-4-10-21-16(11)13/h3-4,6-7,9-10,13,17,20H,2,5,8H2,1H3. The van der Waals surface area contributed by atoms with Gasteiger partial charge in [0.25, 0.3) is 0 Å². The number of nitrogens with zero attached hydrogens (tertiary/aromatic N) is 1. The highest BCUT2D eigenvalue weighted by atomic mass is 79.9. The van der Waals surface area contributed by atoms with E-state index in [1.165, 1.54) is 17.7 Å². The average Bonchev–Trinajstić information content (AvgIpc) is 2.52. The summed E-state index contributed by atoms with van der Waals surface area (Å²) in [5.74, 6) is 0.367. The molecule has 0 saturated heterocycles. The Morgan fingerprint density at radius 1 is 1.33 bits per heavy atom. The van der Waals surface area contributed by atoms with Gasteiger partial charge in [-0.3, -0.25) is 4.98 Å². The summed E-state index contributed by atoms with van der Waals surface area (Å²) in [6.45, 7) is 0. The highest BCUT2D eigenvalue weighted by Crippen LogP contribution is 2.42. The Hall–Kier alpha value is -0.900. The van der Waals surface area contributed by atoms with E-state index < -0.39 is 0 Å². The van der Waals surface area contributed by atoms with Gasteiger partial charge < -0.3 is 5.32 Å². The van der Waals surface area contributed by atoms with Crippen LogP contribution in [0.1, 0.15) is 41.6 Å². The van der Waals surface area contributed by atoms with Crippen molar-refractivity contribution in [2.45, 2.75) is 31.2 Å². The molecule has 110 valence electrons. The molecule has 1 N–H and O–H groups in total. The molecule has 0 bridgehead atoms. The van der Waals surface area contributed by atoms with Gasteiger partial charge >= 0.3 is 0 Å². The fraction of sp³-hybridized carbons (Fsp3) is 0.353. The van der Waals surface area contributed by atoms with Crippen LogP contribution in [-0.4, -0.2) is 12.0 Å². The lowest BCUT2D eigenvalue weighted by Crippen LogP contribution is -2.27. The number of likely N-dealkylation sites (N-methyl/N-ethyl adjacent to an activating group) is 1. The molecule has 2 atom stereocenters. The monoisotopic (exact) mass is 364 g/mol. The summed E-state index contributed by atoms with van der Waals surface area (Å²) in [6.07, 6.45) is 5.36. The molecule has 1 aromatic heterocycles. The highest BCUT2D eigenvalue weighted by Gasteiger charge is 2.30. The molecule has 0 spiro atoms. The van der Waals surface area contributed by atoms with Crippen molar-refractivity contribution < 1.29 is 0 Å². The maximum atomic E-state index is 6.51. The first-order valence-corrected chi connectivity index (χ1v) is 8.44. The zero-order valence-electron chi connectivity index (χ0n) is 11.9. The Morgan fingerprint density at radius 3 is 3.00 bits per heavy atom. The molecule has 0 saturated carbocycles. The van der Waals surface area contributed by atoms with Gasteiger partial charge in [0, 0.05) is 28.3 Å². The molecule has 3 rings (SSSR count). The molecule has 0 aliphatic heterocycles. The zero-order chi connectivity index (χ0) is 14.8. The maximum Gasteiger partial charge on any atom is 0.0596 e. The third kappa shape index (κ3) is 2.87. The topological polar surface area (TPSA) is 24.9 Å². The SMILES string of the molecule is CNC(c1cccc(Br)c1Cl)C1CCCc2cccnc21. The van der Waals surface area contributed by atoms with Gasteiger partial charge in [-0.2, -0.15) is 0 Å². The van der Waals surface area contributed by atoms with Crippen LogP contribution in [0.2, 0.25) is 5.02 Å². The van der Waals surface area contributed by atoms with Crippen LogP contribution in [0.5, 0.6) is 0 Å². The number of benzene rings is 1. The lowest BCUT2D eigenvalue weighted by molar-refractivity contribution is 0.416. The van der Waals surface area contributed by atoms with Crippen LogP contribution < -0.4 is 5.32 Å². The van der Waals surface area contributed by atoms with E-state index in [-0.39, 0.29) is 6.04 Å². The summed E-state index contributed by atoms with van der Waals surface area (Å²) in [7, 11) is 2.00. The molecular weight excluding hydrogens is 348 g/mol. The van der Waals surface area contributed by atoms with E-state index in [2.05, 4.69) is 38.4 Å². The molecule has 0 radical (unpaired) electrons. The van der Waals surface area contributed by atoms with E-state index in [4.69, 9.17) is 11.6 Å². The minimum absolute atomic E-state index is 0.184. The Bertz CT molecular complexity index is 644. The first kappa shape index (κ1) is 15.0. The van der Waals surface area contributed by atoms with Crippen LogP contribution in [0.3, 0.4) is 0 Å². The van der Waals surface area contributed by atoms with E-state index in [0.29, 0.717) is 5.92 Å². The molecule has 0 fully saturated rings. The number of pyridine rings is 1. The minimum Gasteiger partial charge on any atom is -0.312 e. The molecule has 1 aliphatic rings. The quantitative estimate of drug-likeness (QED) is 0.838. The summed E-state index contributed by atoms with van der Waals surface area (Å²) in [6, 6.07) is 10.5. The smallest absolute Gasteiger partial charge is 0.0596 e. The lowest BCUT2D eigenvalue weighted by Gasteiger charge is -2.32. The second-order valence-electron chi connectivity index (χ2n) is 5.46. The largest absolute Gasteiger partial charge is 0.312 e. The van der Waals surface area contributed by atoms with Crippen molar-refractivity contribution in [1.82, 2.24) is 10.3 Å². The van der Waals surface area contributed by atoms with Crippen molar-refractivity contribution in [1.29, 1.82) is 0 Å². The summed E-state index contributed by atoms with van der Waals surface area (Å²) >= 11 is 10.0. The molecule has 0 amide bonds. The number of fused-ring (bicyclic) bond motifs is 1. The van der Waals surface area contributed by atoms with Crippen molar-refractivity contribution in [2.24, 2.45) is 0 Å². The van der Waals surface area contributed by atoms with Crippen molar-refractivity contribution in [3.63, 3.8) is 0 Å². The molecular formula is C17H18BrClN2. The van der Waals surface area contributed by atoms with Crippen LogP contribution in [0, 0.1) is 0 Å². The van der Waals surface area contributed by atoms with Gasteiger partial charge in [0.15, 0.2) is 0 Å². The Morgan fingerprint density at radius 2 is 2.19 bits per heavy atom. The molecule has 2 aromatic rings. The van der Waals surface area contributed by atoms with E-state index >= 15 is 0 Å². The Balaban J connectivity index is 2.04. The van der Waals surface area contributed by atoms with E-state index in [0.717, 1.165) is 27.9 Å². The second-order valence-corrected chi connectivity index (χ2v) is 6.69. The first-order chi connectivity index (χ1) is 10.2. The van der Waals surface area contributed by atoms with Crippen LogP contribution in [0.15, 0.2) is 41.0 Å². The average molecular weight is 366 g/mol. The molecule has 1 aromatic carbocycles. The number of aryl methyl sites for hydroxylation is 1. The molecule has 2 nitrogen and oxygen atoms in total. The summed E-state index contributed by atoms with van der Waals surface area (Å²) < 4.78 is 0.943. The van der Waals surface area contributed by atoms with Gasteiger partial charge in [-0.15, -0.1) is 0 Å². The molecule has 1 heterocycles. The number of nitrogens with one attached hydrogen (secondary N) is 1. The van der Waals surface area contributed by atoms with Crippen LogP contribution in [0.25, 0.3) is 0 Å². The molecule has 4 heteroatoms. The third-order valence-electron chi connectivity index (χ3n) is 4.27. The van der Waals surface area contributed by atoms with Crippen LogP contribution in [-0.2, 0) is 6.42 Å². The van der Waals surface area contributed by atoms with Gasteiger partial charge in [-0.25, -0.2) is 0 Å². The van der Waals surface area contributed by atoms with Gasteiger partial charge in [0.2, 0.25) is 0 Å². The van der Waals surface area contributed by atoms with E-state index in [1.54, 1.807) is 0 Å². The van der Waals surface area contributed by atoms with Gasteiger partial charge in [0.1, 0.15) is 0 Å². The van der Waals surface area contributed by atoms with E-state index in [1.807, 2.05) is 31.4 Å². The number of aromatic nitrogens is 1. The van der Waals surface area contributed by atoms with Gasteiger partial charge in [-0.1, -0.05) is 29.8 Å². The Labute approximate surface area is 139 Å². The third-order valence-corrected chi connectivity index (χ3v) is 5.58. The maximum absolute atomic E-state index is 6.51. The summed E-state index contributed by atoms with van der Waals surface area (Å²) in [4.78, 5) is 4.65. The second kappa shape index (κ2) is 6.47. The number of rotatable bonds is 3. The van der Waals surface area contributed by atoms with Crippen molar-refractivity contribution >= 4 is 27.5 Å². The number of hydrogen-bond donors (Lipinski definition) is 1. The van der Waals surface area contributed by atoms with Gasteiger partial charge in [-0.05, 0) is 65.5 Å².